The molecule has 0 fully saturated rings. The van der Waals surface area contributed by atoms with Gasteiger partial charge in [-0.1, -0.05) is 0 Å². The van der Waals surface area contributed by atoms with Crippen molar-refractivity contribution in [2.45, 2.75) is 0 Å². The number of anilines is 1. The molecule has 0 aliphatic carbocycles. The standard InChI is InChI=1S/C26H23BrN3P/c1-29-30(23-19-17-22(21-28)18-20-23)31(27,24-11-5-2-6-12-24,25-13-7-3-8-14-25)26-15-9-4-10-16-26/h2-20,29H,1H3. The van der Waals surface area contributed by atoms with Gasteiger partial charge in [0.1, 0.15) is 0 Å². The van der Waals surface area contributed by atoms with E-state index in [9.17, 15) is 5.26 Å². The minimum absolute atomic E-state index is 0.633. The van der Waals surface area contributed by atoms with Crippen LogP contribution in [-0.4, -0.2) is 7.05 Å². The quantitative estimate of drug-likeness (QED) is 0.298. The Labute approximate surface area is 191 Å². The Morgan fingerprint density at radius 3 is 1.39 bits per heavy atom. The number of nitriles is 1. The maximum atomic E-state index is 9.29. The van der Waals surface area contributed by atoms with E-state index in [0.717, 1.165) is 5.69 Å². The summed E-state index contributed by atoms with van der Waals surface area (Å²) in [4.78, 5) is 0. The molecule has 0 bridgehead atoms. The average molecular weight is 488 g/mol. The first kappa shape index (κ1) is 21.3. The van der Waals surface area contributed by atoms with Gasteiger partial charge in [-0.25, -0.2) is 0 Å². The van der Waals surface area contributed by atoms with Gasteiger partial charge in [-0.15, -0.1) is 0 Å². The summed E-state index contributed by atoms with van der Waals surface area (Å²) >= 11 is 4.45. The summed E-state index contributed by atoms with van der Waals surface area (Å²) in [6, 6.07) is 41.6. The molecule has 3 nitrogen and oxygen atoms in total. The first-order valence-corrected chi connectivity index (χ1v) is 14.2. The molecule has 4 rings (SSSR count). The van der Waals surface area contributed by atoms with Crippen molar-refractivity contribution < 1.29 is 0 Å². The van der Waals surface area contributed by atoms with E-state index in [1.807, 2.05) is 49.5 Å². The van der Waals surface area contributed by atoms with Crippen molar-refractivity contribution in [3.05, 3.63) is 121 Å². The molecule has 4 aromatic rings. The van der Waals surface area contributed by atoms with Crippen LogP contribution in [0.25, 0.3) is 0 Å². The molecule has 4 aromatic carbocycles. The molecular formula is C26H23BrN3P. The van der Waals surface area contributed by atoms with Crippen molar-refractivity contribution in [3.63, 3.8) is 0 Å². The monoisotopic (exact) mass is 487 g/mol. The molecular weight excluding hydrogens is 465 g/mol. The van der Waals surface area contributed by atoms with Crippen LogP contribution in [0, 0.1) is 11.3 Å². The topological polar surface area (TPSA) is 39.1 Å². The van der Waals surface area contributed by atoms with Gasteiger partial charge in [-0.05, 0) is 0 Å². The van der Waals surface area contributed by atoms with Crippen molar-refractivity contribution in [2.24, 2.45) is 0 Å². The summed E-state index contributed by atoms with van der Waals surface area (Å²) in [7, 11) is 1.94. The predicted octanol–water partition coefficient (Wildman–Crippen LogP) is 5.25. The third-order valence-corrected chi connectivity index (χ3v) is 15.1. The molecule has 31 heavy (non-hydrogen) atoms. The SMILES string of the molecule is CNN(c1ccc(C#N)cc1)P(Br)(c1ccccc1)(c1ccccc1)c1ccccc1. The molecule has 0 aliphatic heterocycles. The number of rotatable bonds is 6. The van der Waals surface area contributed by atoms with Gasteiger partial charge in [0.15, 0.2) is 0 Å². The third-order valence-electron chi connectivity index (χ3n) is 5.51. The van der Waals surface area contributed by atoms with Crippen molar-refractivity contribution >= 4 is 42.5 Å². The molecule has 0 unspecified atom stereocenters. The van der Waals surface area contributed by atoms with Crippen LogP contribution in [0.4, 0.5) is 5.69 Å². The maximum absolute atomic E-state index is 9.29. The van der Waals surface area contributed by atoms with Gasteiger partial charge in [0.05, 0.1) is 0 Å². The Morgan fingerprint density at radius 1 is 0.677 bits per heavy atom. The Kier molecular flexibility index (Phi) is 5.94. The predicted molar refractivity (Wildman–Crippen MR) is 137 cm³/mol. The van der Waals surface area contributed by atoms with Crippen molar-refractivity contribution in [1.29, 1.82) is 5.26 Å². The van der Waals surface area contributed by atoms with Crippen LogP contribution in [-0.2, 0) is 0 Å². The summed E-state index contributed by atoms with van der Waals surface area (Å²) < 4.78 is 2.24. The van der Waals surface area contributed by atoms with Gasteiger partial charge in [0, 0.05) is 0 Å². The number of halogens is 1. The second-order valence-electron chi connectivity index (χ2n) is 7.17. The van der Waals surface area contributed by atoms with Crippen LogP contribution in [0.2, 0.25) is 0 Å². The molecule has 0 aliphatic rings. The zero-order valence-electron chi connectivity index (χ0n) is 17.2. The fourth-order valence-electron chi connectivity index (χ4n) is 4.10. The Hall–Kier alpha value is -2.96. The van der Waals surface area contributed by atoms with Crippen molar-refractivity contribution in [2.75, 3.05) is 11.8 Å². The molecule has 5 heteroatoms. The van der Waals surface area contributed by atoms with Crippen LogP contribution >= 0.6 is 20.9 Å². The van der Waals surface area contributed by atoms with E-state index in [4.69, 9.17) is 0 Å². The Morgan fingerprint density at radius 2 is 1.06 bits per heavy atom. The van der Waals surface area contributed by atoms with E-state index < -0.39 is 5.46 Å². The molecule has 0 atom stereocenters. The van der Waals surface area contributed by atoms with E-state index in [-0.39, 0.29) is 0 Å². The van der Waals surface area contributed by atoms with Crippen LogP contribution in [0.1, 0.15) is 5.56 Å². The van der Waals surface area contributed by atoms with Gasteiger partial charge in [0.25, 0.3) is 0 Å². The van der Waals surface area contributed by atoms with E-state index >= 15 is 0 Å². The molecule has 0 saturated heterocycles. The average Bonchev–Trinajstić information content (AvgIpc) is 2.86. The summed E-state index contributed by atoms with van der Waals surface area (Å²) in [6.45, 7) is 0. The number of benzene rings is 4. The Bertz CT molecular complexity index is 1090. The summed E-state index contributed by atoms with van der Waals surface area (Å²) in [5, 5.41) is 12.8. The van der Waals surface area contributed by atoms with Gasteiger partial charge >= 0.3 is 192 Å². The molecule has 0 spiro atoms. The van der Waals surface area contributed by atoms with Crippen LogP contribution in [0.15, 0.2) is 115 Å². The van der Waals surface area contributed by atoms with E-state index in [1.165, 1.54) is 15.9 Å². The fraction of sp³-hybridized carbons (Fsp3) is 0.0385. The van der Waals surface area contributed by atoms with E-state index in [2.05, 4.69) is 105 Å². The van der Waals surface area contributed by atoms with Gasteiger partial charge in [-0.3, -0.25) is 0 Å². The van der Waals surface area contributed by atoms with E-state index in [0.29, 0.717) is 5.56 Å². The van der Waals surface area contributed by atoms with Crippen LogP contribution in [0.3, 0.4) is 0 Å². The zero-order valence-corrected chi connectivity index (χ0v) is 19.7. The second-order valence-corrected chi connectivity index (χ2v) is 15.2. The number of hydrogen-bond acceptors (Lipinski definition) is 3. The third kappa shape index (κ3) is 3.36. The molecule has 0 aromatic heterocycles. The van der Waals surface area contributed by atoms with Crippen molar-refractivity contribution in [1.82, 2.24) is 5.43 Å². The summed E-state index contributed by atoms with van der Waals surface area (Å²) in [6.07, 6.45) is 0. The molecule has 154 valence electrons. The Balaban J connectivity index is 2.15. The van der Waals surface area contributed by atoms with E-state index in [1.54, 1.807) is 0 Å². The molecule has 0 heterocycles. The van der Waals surface area contributed by atoms with Gasteiger partial charge < -0.3 is 0 Å². The minimum atomic E-state index is -3.39. The van der Waals surface area contributed by atoms with Gasteiger partial charge in [-0.2, -0.15) is 0 Å². The fourth-order valence-corrected chi connectivity index (χ4v) is 11.9. The summed E-state index contributed by atoms with van der Waals surface area (Å²) in [5.41, 5.74) is 1.70. The first-order chi connectivity index (χ1) is 15.1. The number of hydrazine groups is 1. The normalized spacial score (nSPS) is 12.4. The second kappa shape index (κ2) is 8.65. The van der Waals surface area contributed by atoms with Crippen LogP contribution < -0.4 is 26.1 Å². The number of nitrogens with one attached hydrogen (secondary N) is 1. The molecule has 1 N–H and O–H groups in total. The molecule has 0 saturated carbocycles. The number of hydrogen-bond donors (Lipinski definition) is 1. The summed E-state index contributed by atoms with van der Waals surface area (Å²) in [5.74, 6) is 0. The van der Waals surface area contributed by atoms with Gasteiger partial charge in [0.2, 0.25) is 0 Å². The zero-order chi connectivity index (χ0) is 21.8. The molecule has 0 amide bonds. The van der Waals surface area contributed by atoms with Crippen LogP contribution in [0.5, 0.6) is 0 Å². The first-order valence-electron chi connectivity index (χ1n) is 10.0. The van der Waals surface area contributed by atoms with Crippen molar-refractivity contribution in [3.8, 4) is 6.07 Å². The number of nitrogens with zero attached hydrogens (tertiary/aromatic N) is 2. The molecule has 0 radical (unpaired) electrons.